The fourth-order valence-electron chi connectivity index (χ4n) is 3.59. The summed E-state index contributed by atoms with van der Waals surface area (Å²) < 4.78 is 5.29. The Bertz CT molecular complexity index is 555. The minimum Gasteiger partial charge on any atom is -0.461 e. The maximum atomic E-state index is 11.8. The van der Waals surface area contributed by atoms with E-state index in [1.54, 1.807) is 0 Å². The van der Waals surface area contributed by atoms with E-state index in [4.69, 9.17) is 4.74 Å². The van der Waals surface area contributed by atoms with Crippen molar-refractivity contribution < 1.29 is 9.53 Å². The van der Waals surface area contributed by atoms with Crippen molar-refractivity contribution in [2.24, 2.45) is 0 Å². The van der Waals surface area contributed by atoms with Crippen LogP contribution < -0.4 is 0 Å². The van der Waals surface area contributed by atoms with Crippen molar-refractivity contribution in [3.05, 3.63) is 23.3 Å². The number of allylic oxidation sites excluding steroid dienone is 3. The average Bonchev–Trinajstić information content (AvgIpc) is 2.75. The molecule has 0 aliphatic carbocycles. The summed E-state index contributed by atoms with van der Waals surface area (Å²) in [6.07, 6.45) is 25.9. The molecule has 2 nitrogen and oxygen atoms in total. The van der Waals surface area contributed by atoms with E-state index in [2.05, 4.69) is 45.6 Å². The van der Waals surface area contributed by atoms with Gasteiger partial charge in [0.2, 0.25) is 0 Å². The number of hydrogen-bond acceptors (Lipinski definition) is 2. The molecule has 0 heterocycles. The molecule has 184 valence electrons. The second-order valence-corrected chi connectivity index (χ2v) is 9.40. The molecule has 0 amide bonds. The number of unbranched alkanes of at least 4 members (excludes halogenated alkanes) is 13. The second-order valence-electron chi connectivity index (χ2n) is 9.40. The van der Waals surface area contributed by atoms with Crippen molar-refractivity contribution in [3.63, 3.8) is 0 Å². The van der Waals surface area contributed by atoms with Crippen molar-refractivity contribution in [3.8, 4) is 11.8 Å². The van der Waals surface area contributed by atoms with Gasteiger partial charge in [-0.15, -0.1) is 11.8 Å². The molecule has 0 aromatic heterocycles. The van der Waals surface area contributed by atoms with E-state index in [-0.39, 0.29) is 5.97 Å². The molecular formula is C30H52O2. The van der Waals surface area contributed by atoms with Crippen LogP contribution in [0.1, 0.15) is 143 Å². The molecule has 0 atom stereocenters. The highest BCUT2D eigenvalue weighted by Crippen LogP contribution is 2.12. The Labute approximate surface area is 200 Å². The number of ether oxygens (including phenoxy) is 1. The van der Waals surface area contributed by atoms with Gasteiger partial charge in [-0.2, -0.15) is 0 Å². The lowest BCUT2D eigenvalue weighted by Crippen LogP contribution is -2.04. The average molecular weight is 445 g/mol. The lowest BCUT2D eigenvalue weighted by atomic mass is 10.0. The van der Waals surface area contributed by atoms with E-state index in [1.807, 2.05) is 6.08 Å². The van der Waals surface area contributed by atoms with E-state index in [9.17, 15) is 4.79 Å². The van der Waals surface area contributed by atoms with Crippen LogP contribution >= 0.6 is 0 Å². The summed E-state index contributed by atoms with van der Waals surface area (Å²) in [6, 6.07) is 0. The maximum absolute atomic E-state index is 11.8. The fraction of sp³-hybridized carbons (Fsp3) is 0.767. The van der Waals surface area contributed by atoms with Gasteiger partial charge in [0.15, 0.2) is 0 Å². The summed E-state index contributed by atoms with van der Waals surface area (Å²) in [5.41, 5.74) is 2.63. The number of carbonyl (C=O) groups excluding carboxylic acids is 1. The molecule has 0 unspecified atom stereocenters. The van der Waals surface area contributed by atoms with Gasteiger partial charge < -0.3 is 4.74 Å². The third kappa shape index (κ3) is 24.8. The van der Waals surface area contributed by atoms with Crippen LogP contribution in [-0.2, 0) is 9.53 Å². The van der Waals surface area contributed by atoms with Gasteiger partial charge in [0, 0.05) is 19.3 Å². The van der Waals surface area contributed by atoms with Crippen molar-refractivity contribution in [1.82, 2.24) is 0 Å². The smallest absolute Gasteiger partial charge is 0.306 e. The molecule has 0 fully saturated rings. The first-order valence-electron chi connectivity index (χ1n) is 13.5. The van der Waals surface area contributed by atoms with Gasteiger partial charge in [-0.25, -0.2) is 0 Å². The predicted octanol–water partition coefficient (Wildman–Crippen LogP) is 9.49. The van der Waals surface area contributed by atoms with E-state index in [1.165, 1.54) is 88.2 Å². The summed E-state index contributed by atoms with van der Waals surface area (Å²) in [5, 5.41) is 0. The van der Waals surface area contributed by atoms with E-state index in [0.29, 0.717) is 13.0 Å². The summed E-state index contributed by atoms with van der Waals surface area (Å²) in [5.74, 6) is 6.37. The zero-order chi connectivity index (χ0) is 23.7. The van der Waals surface area contributed by atoms with Crippen LogP contribution in [0.15, 0.2) is 23.3 Å². The van der Waals surface area contributed by atoms with Gasteiger partial charge in [0.25, 0.3) is 0 Å². The Balaban J connectivity index is 3.44. The van der Waals surface area contributed by atoms with Crippen molar-refractivity contribution in [2.45, 2.75) is 143 Å². The molecule has 0 aromatic carbocycles. The zero-order valence-corrected chi connectivity index (χ0v) is 21.9. The third-order valence-corrected chi connectivity index (χ3v) is 5.73. The van der Waals surface area contributed by atoms with Crippen LogP contribution in [0.2, 0.25) is 0 Å². The van der Waals surface area contributed by atoms with Crippen molar-refractivity contribution in [2.75, 3.05) is 6.61 Å². The van der Waals surface area contributed by atoms with Gasteiger partial charge in [0.1, 0.15) is 6.61 Å². The Morgan fingerprint density at radius 1 is 0.688 bits per heavy atom. The molecule has 0 N–H and O–H groups in total. The molecule has 0 saturated carbocycles. The minimum atomic E-state index is -0.110. The fourth-order valence-corrected chi connectivity index (χ4v) is 3.59. The highest BCUT2D eigenvalue weighted by Gasteiger charge is 2.00. The second kappa shape index (κ2) is 24.2. The lowest BCUT2D eigenvalue weighted by Gasteiger charge is -2.02. The first-order chi connectivity index (χ1) is 15.6. The standard InChI is InChI=1S/C30H52O2/c1-5-6-7-8-9-10-11-12-13-14-15-16-17-18-19-20-21-25-30(31)32-27-26-29(4)24-22-23-28(2)3/h23,26H,5-17,20-22,24-25,27H2,1-4H3. The molecule has 0 saturated heterocycles. The van der Waals surface area contributed by atoms with Crippen molar-refractivity contribution in [1.29, 1.82) is 0 Å². The monoisotopic (exact) mass is 444 g/mol. The molecular weight excluding hydrogens is 392 g/mol. The van der Waals surface area contributed by atoms with E-state index >= 15 is 0 Å². The number of carbonyl (C=O) groups is 1. The summed E-state index contributed by atoms with van der Waals surface area (Å²) in [6.45, 7) is 9.00. The molecule has 0 aromatic rings. The molecule has 0 rings (SSSR count). The van der Waals surface area contributed by atoms with Crippen LogP contribution in [-0.4, -0.2) is 12.6 Å². The summed E-state index contributed by atoms with van der Waals surface area (Å²) in [7, 11) is 0. The molecule has 32 heavy (non-hydrogen) atoms. The molecule has 0 bridgehead atoms. The van der Waals surface area contributed by atoms with Crippen LogP contribution in [0.5, 0.6) is 0 Å². The molecule has 0 aliphatic heterocycles. The van der Waals surface area contributed by atoms with Gasteiger partial charge in [0.05, 0.1) is 0 Å². The topological polar surface area (TPSA) is 26.3 Å². The van der Waals surface area contributed by atoms with Gasteiger partial charge in [-0.3, -0.25) is 4.79 Å². The van der Waals surface area contributed by atoms with E-state index in [0.717, 1.165) is 32.1 Å². The highest BCUT2D eigenvalue weighted by molar-refractivity contribution is 5.69. The molecule has 0 spiro atoms. The Hall–Kier alpha value is -1.49. The molecule has 0 radical (unpaired) electrons. The Morgan fingerprint density at radius 2 is 1.22 bits per heavy atom. The minimum absolute atomic E-state index is 0.110. The Kier molecular flexibility index (Phi) is 23.0. The van der Waals surface area contributed by atoms with Crippen LogP contribution in [0.4, 0.5) is 0 Å². The highest BCUT2D eigenvalue weighted by atomic mass is 16.5. The zero-order valence-electron chi connectivity index (χ0n) is 21.9. The van der Waals surface area contributed by atoms with Crippen LogP contribution in [0, 0.1) is 11.8 Å². The predicted molar refractivity (Wildman–Crippen MR) is 141 cm³/mol. The summed E-state index contributed by atoms with van der Waals surface area (Å²) >= 11 is 0. The molecule has 0 aliphatic rings. The quantitative estimate of drug-likeness (QED) is 0.0808. The number of rotatable bonds is 20. The maximum Gasteiger partial charge on any atom is 0.306 e. The third-order valence-electron chi connectivity index (χ3n) is 5.73. The first-order valence-corrected chi connectivity index (χ1v) is 13.5. The number of esters is 1. The number of hydrogen-bond donors (Lipinski definition) is 0. The summed E-state index contributed by atoms with van der Waals surface area (Å²) in [4.78, 5) is 11.8. The first kappa shape index (κ1) is 30.5. The van der Waals surface area contributed by atoms with Gasteiger partial charge >= 0.3 is 5.97 Å². The molecule has 2 heteroatoms. The lowest BCUT2D eigenvalue weighted by molar-refractivity contribution is -0.142. The van der Waals surface area contributed by atoms with Crippen LogP contribution in [0.3, 0.4) is 0 Å². The van der Waals surface area contributed by atoms with Crippen molar-refractivity contribution >= 4 is 5.97 Å². The van der Waals surface area contributed by atoms with E-state index < -0.39 is 0 Å². The van der Waals surface area contributed by atoms with Crippen LogP contribution in [0.25, 0.3) is 0 Å². The largest absolute Gasteiger partial charge is 0.461 e. The van der Waals surface area contributed by atoms with Gasteiger partial charge in [-0.1, -0.05) is 94.8 Å². The Morgan fingerprint density at radius 3 is 1.78 bits per heavy atom. The SMILES string of the molecule is CCCCCCCCCCCCCCC#CCCCC(=O)OCC=C(C)CCC=C(C)C. The normalized spacial score (nSPS) is 11.1. The van der Waals surface area contributed by atoms with Gasteiger partial charge in [-0.05, 0) is 52.5 Å².